The van der Waals surface area contributed by atoms with Gasteiger partial charge in [-0.2, -0.15) is 0 Å². The molecule has 0 spiro atoms. The van der Waals surface area contributed by atoms with Crippen LogP contribution in [0.5, 0.6) is 0 Å². The lowest BCUT2D eigenvalue weighted by molar-refractivity contribution is 1.35. The van der Waals surface area contributed by atoms with E-state index in [-0.39, 0.29) is 0 Å². The topological polar surface area (TPSA) is 12.9 Å². The van der Waals surface area contributed by atoms with Gasteiger partial charge in [0.05, 0.1) is 5.52 Å². The molecule has 0 aliphatic carbocycles. The molecular formula is C9H5BrClN. The lowest BCUT2D eigenvalue weighted by atomic mass is 10.2. The van der Waals surface area contributed by atoms with Crippen LogP contribution in [0.25, 0.3) is 10.9 Å². The summed E-state index contributed by atoms with van der Waals surface area (Å²) in [4.78, 5) is 4.27. The summed E-state index contributed by atoms with van der Waals surface area (Å²) < 4.78 is 0.845. The Hall–Kier alpha value is -0.600. The van der Waals surface area contributed by atoms with Crippen LogP contribution in [0.4, 0.5) is 0 Å². The maximum absolute atomic E-state index is 5.82. The minimum Gasteiger partial charge on any atom is -0.241 e. The van der Waals surface area contributed by atoms with Crippen LogP contribution in [0.2, 0.25) is 5.02 Å². The van der Waals surface area contributed by atoms with Gasteiger partial charge in [-0.25, -0.2) is 4.98 Å². The van der Waals surface area contributed by atoms with Crippen molar-refractivity contribution >= 4 is 38.4 Å². The van der Waals surface area contributed by atoms with E-state index in [1.165, 1.54) is 0 Å². The van der Waals surface area contributed by atoms with Crippen LogP contribution in [-0.2, 0) is 0 Å². The largest absolute Gasteiger partial charge is 0.241 e. The lowest BCUT2D eigenvalue weighted by Gasteiger charge is -1.97. The highest BCUT2D eigenvalue weighted by molar-refractivity contribution is 9.10. The smallest absolute Gasteiger partial charge is 0.106 e. The highest BCUT2D eigenvalue weighted by Crippen LogP contribution is 2.19. The Morgan fingerprint density at radius 2 is 2.00 bits per heavy atom. The Kier molecular flexibility index (Phi) is 2.03. The minimum absolute atomic E-state index is 0.742. The number of fused-ring (bicyclic) bond motifs is 1. The van der Waals surface area contributed by atoms with Crippen molar-refractivity contribution in [1.29, 1.82) is 0 Å². The second kappa shape index (κ2) is 3.04. The van der Waals surface area contributed by atoms with E-state index in [2.05, 4.69) is 20.9 Å². The SMILES string of the molecule is Clc1ccc2nc(Br)ccc2c1. The van der Waals surface area contributed by atoms with E-state index < -0.39 is 0 Å². The summed E-state index contributed by atoms with van der Waals surface area (Å²) >= 11 is 9.13. The first-order valence-corrected chi connectivity index (χ1v) is 4.64. The molecule has 1 aromatic carbocycles. The number of nitrogens with zero attached hydrogens (tertiary/aromatic N) is 1. The molecule has 60 valence electrons. The number of pyridine rings is 1. The first kappa shape index (κ1) is 8.02. The van der Waals surface area contributed by atoms with E-state index in [9.17, 15) is 0 Å². The average molecular weight is 243 g/mol. The molecule has 1 aromatic heterocycles. The minimum atomic E-state index is 0.742. The Bertz CT molecular complexity index is 387. The first-order valence-electron chi connectivity index (χ1n) is 3.47. The molecule has 0 fully saturated rings. The number of benzene rings is 1. The normalized spacial score (nSPS) is 10.5. The number of aromatic nitrogens is 1. The molecule has 12 heavy (non-hydrogen) atoms. The standard InChI is InChI=1S/C9H5BrClN/c10-9-4-1-6-5-7(11)2-3-8(6)12-9/h1-5H. The molecular weight excluding hydrogens is 237 g/mol. The Balaban J connectivity index is 2.79. The molecule has 0 saturated heterocycles. The van der Waals surface area contributed by atoms with Crippen molar-refractivity contribution in [3.8, 4) is 0 Å². The van der Waals surface area contributed by atoms with Crippen molar-refractivity contribution in [1.82, 2.24) is 4.98 Å². The molecule has 0 N–H and O–H groups in total. The van der Waals surface area contributed by atoms with Crippen molar-refractivity contribution in [3.63, 3.8) is 0 Å². The van der Waals surface area contributed by atoms with E-state index in [1.807, 2.05) is 30.3 Å². The number of hydrogen-bond donors (Lipinski definition) is 0. The van der Waals surface area contributed by atoms with Crippen LogP contribution >= 0.6 is 27.5 Å². The maximum atomic E-state index is 5.82. The Labute approximate surface area is 83.5 Å². The third kappa shape index (κ3) is 1.45. The van der Waals surface area contributed by atoms with Crippen LogP contribution in [0, 0.1) is 0 Å². The molecule has 0 aliphatic heterocycles. The second-order valence-electron chi connectivity index (χ2n) is 2.47. The van der Waals surface area contributed by atoms with E-state index in [0.29, 0.717) is 0 Å². The predicted molar refractivity (Wildman–Crippen MR) is 54.5 cm³/mol. The molecule has 0 radical (unpaired) electrons. The number of hydrogen-bond acceptors (Lipinski definition) is 1. The van der Waals surface area contributed by atoms with Crippen molar-refractivity contribution in [3.05, 3.63) is 40.0 Å². The quantitative estimate of drug-likeness (QED) is 0.643. The molecule has 0 unspecified atom stereocenters. The third-order valence-electron chi connectivity index (χ3n) is 1.62. The van der Waals surface area contributed by atoms with Gasteiger partial charge in [0.15, 0.2) is 0 Å². The Morgan fingerprint density at radius 1 is 1.17 bits per heavy atom. The zero-order valence-corrected chi connectivity index (χ0v) is 8.43. The van der Waals surface area contributed by atoms with E-state index >= 15 is 0 Å². The molecule has 2 rings (SSSR count). The van der Waals surface area contributed by atoms with Crippen molar-refractivity contribution in [2.45, 2.75) is 0 Å². The lowest BCUT2D eigenvalue weighted by Crippen LogP contribution is -1.78. The average Bonchev–Trinajstić information content (AvgIpc) is 2.05. The summed E-state index contributed by atoms with van der Waals surface area (Å²) in [6.07, 6.45) is 0. The molecule has 2 aromatic rings. The summed E-state index contributed by atoms with van der Waals surface area (Å²) in [6.45, 7) is 0. The fraction of sp³-hybridized carbons (Fsp3) is 0. The van der Waals surface area contributed by atoms with Crippen molar-refractivity contribution in [2.24, 2.45) is 0 Å². The molecule has 1 nitrogen and oxygen atoms in total. The number of rotatable bonds is 0. The van der Waals surface area contributed by atoms with E-state index in [1.54, 1.807) is 0 Å². The van der Waals surface area contributed by atoms with Gasteiger partial charge < -0.3 is 0 Å². The van der Waals surface area contributed by atoms with Crippen LogP contribution in [0.3, 0.4) is 0 Å². The van der Waals surface area contributed by atoms with Crippen molar-refractivity contribution in [2.75, 3.05) is 0 Å². The van der Waals surface area contributed by atoms with Gasteiger partial charge in [0.2, 0.25) is 0 Å². The maximum Gasteiger partial charge on any atom is 0.106 e. The zero-order chi connectivity index (χ0) is 8.55. The van der Waals surface area contributed by atoms with Crippen LogP contribution < -0.4 is 0 Å². The van der Waals surface area contributed by atoms with E-state index in [4.69, 9.17) is 11.6 Å². The number of halogens is 2. The second-order valence-corrected chi connectivity index (χ2v) is 3.72. The van der Waals surface area contributed by atoms with Gasteiger partial charge in [0.25, 0.3) is 0 Å². The zero-order valence-electron chi connectivity index (χ0n) is 6.09. The highest BCUT2D eigenvalue weighted by Gasteiger charge is 1.95. The fourth-order valence-corrected chi connectivity index (χ4v) is 1.58. The van der Waals surface area contributed by atoms with E-state index in [0.717, 1.165) is 20.5 Å². The molecule has 0 atom stereocenters. The van der Waals surface area contributed by atoms with Gasteiger partial charge in [0, 0.05) is 10.4 Å². The molecule has 3 heteroatoms. The van der Waals surface area contributed by atoms with Gasteiger partial charge in [-0.3, -0.25) is 0 Å². The Morgan fingerprint density at radius 3 is 2.83 bits per heavy atom. The van der Waals surface area contributed by atoms with Crippen molar-refractivity contribution < 1.29 is 0 Å². The van der Waals surface area contributed by atoms with Gasteiger partial charge in [-0.1, -0.05) is 17.7 Å². The summed E-state index contributed by atoms with van der Waals surface area (Å²) in [5, 5.41) is 1.80. The summed E-state index contributed by atoms with van der Waals surface area (Å²) in [6, 6.07) is 9.53. The third-order valence-corrected chi connectivity index (χ3v) is 2.29. The van der Waals surface area contributed by atoms with Gasteiger partial charge in [0.1, 0.15) is 4.60 Å². The van der Waals surface area contributed by atoms with Gasteiger partial charge in [-0.05, 0) is 40.2 Å². The van der Waals surface area contributed by atoms with Crippen LogP contribution in [0.15, 0.2) is 34.9 Å². The summed E-state index contributed by atoms with van der Waals surface area (Å²) in [5.74, 6) is 0. The molecule has 1 heterocycles. The molecule has 0 bridgehead atoms. The molecule has 0 saturated carbocycles. The fourth-order valence-electron chi connectivity index (χ4n) is 1.07. The van der Waals surface area contributed by atoms with Gasteiger partial charge in [-0.15, -0.1) is 0 Å². The molecule has 0 amide bonds. The van der Waals surface area contributed by atoms with Crippen LogP contribution in [0.1, 0.15) is 0 Å². The summed E-state index contributed by atoms with van der Waals surface area (Å²) in [5.41, 5.74) is 0.953. The molecule has 0 aliphatic rings. The predicted octanol–water partition coefficient (Wildman–Crippen LogP) is 3.65. The van der Waals surface area contributed by atoms with Gasteiger partial charge >= 0.3 is 0 Å². The highest BCUT2D eigenvalue weighted by atomic mass is 79.9. The first-order chi connectivity index (χ1) is 5.75. The van der Waals surface area contributed by atoms with Crippen LogP contribution in [-0.4, -0.2) is 4.98 Å². The summed E-state index contributed by atoms with van der Waals surface area (Å²) in [7, 11) is 0. The monoisotopic (exact) mass is 241 g/mol.